The second kappa shape index (κ2) is 7.54. The average Bonchev–Trinajstić information content (AvgIpc) is 2.48. The quantitative estimate of drug-likeness (QED) is 0.748. The lowest BCUT2D eigenvalue weighted by Gasteiger charge is -1.98. The fourth-order valence-electron chi connectivity index (χ4n) is 1.46. The second-order valence-electron chi connectivity index (χ2n) is 3.93. The summed E-state index contributed by atoms with van der Waals surface area (Å²) >= 11 is 0. The van der Waals surface area contributed by atoms with Crippen molar-refractivity contribution in [2.24, 2.45) is 0 Å². The van der Waals surface area contributed by atoms with Gasteiger partial charge in [-0.05, 0) is 36.4 Å². The first-order valence-corrected chi connectivity index (χ1v) is 5.91. The Morgan fingerprint density at radius 3 is 1.67 bits per heavy atom. The van der Waals surface area contributed by atoms with E-state index in [1.807, 2.05) is 12.1 Å². The van der Waals surface area contributed by atoms with Crippen LogP contribution >= 0.6 is 0 Å². The summed E-state index contributed by atoms with van der Waals surface area (Å²) in [5.74, 6) is -1.62. The summed E-state index contributed by atoms with van der Waals surface area (Å²) in [5, 5.41) is 17.1. The van der Waals surface area contributed by atoms with Gasteiger partial charge in [-0.2, -0.15) is 0 Å². The molecule has 0 aliphatic rings. The van der Waals surface area contributed by atoms with E-state index in [-0.39, 0.29) is 11.1 Å². The van der Waals surface area contributed by atoms with E-state index < -0.39 is 11.9 Å². The monoisotopic (exact) mass is 289 g/mol. The molecule has 2 aromatic rings. The number of ether oxygens (including phenoxy) is 1. The van der Waals surface area contributed by atoms with Gasteiger partial charge in [0.15, 0.2) is 0 Å². The fourth-order valence-corrected chi connectivity index (χ4v) is 1.46. The van der Waals surface area contributed by atoms with Gasteiger partial charge in [0.25, 0.3) is 0 Å². The van der Waals surface area contributed by atoms with Crippen LogP contribution in [-0.4, -0.2) is 29.3 Å². The van der Waals surface area contributed by atoms with Crippen molar-refractivity contribution in [3.8, 4) is 5.75 Å². The zero-order valence-corrected chi connectivity index (χ0v) is 11.3. The van der Waals surface area contributed by atoms with Crippen LogP contribution in [0.4, 0.5) is 5.69 Å². The van der Waals surface area contributed by atoms with Gasteiger partial charge >= 0.3 is 11.9 Å². The van der Waals surface area contributed by atoms with Crippen LogP contribution in [0.3, 0.4) is 0 Å². The Kier molecular flexibility index (Phi) is 5.76. The highest BCUT2D eigenvalue weighted by Gasteiger charge is 2.13. The van der Waals surface area contributed by atoms with E-state index in [2.05, 4.69) is 0 Å². The highest BCUT2D eigenvalue weighted by atomic mass is 16.5. The molecule has 0 atom stereocenters. The van der Waals surface area contributed by atoms with E-state index in [0.717, 1.165) is 11.4 Å². The van der Waals surface area contributed by atoms with Crippen LogP contribution in [-0.2, 0) is 0 Å². The minimum Gasteiger partial charge on any atom is -0.497 e. The maximum absolute atomic E-state index is 10.5. The molecular weight excluding hydrogens is 274 g/mol. The van der Waals surface area contributed by atoms with Gasteiger partial charge in [-0.25, -0.2) is 9.59 Å². The van der Waals surface area contributed by atoms with E-state index in [1.165, 1.54) is 24.3 Å². The Balaban J connectivity index is 0.000000219. The molecular formula is C15H15NO5. The molecule has 4 N–H and O–H groups in total. The molecule has 2 rings (SSSR count). The van der Waals surface area contributed by atoms with Gasteiger partial charge in [0, 0.05) is 5.69 Å². The van der Waals surface area contributed by atoms with Crippen molar-refractivity contribution in [1.29, 1.82) is 0 Å². The highest BCUT2D eigenvalue weighted by molar-refractivity contribution is 6.01. The number of nitrogen functional groups attached to an aromatic ring is 1. The van der Waals surface area contributed by atoms with Crippen LogP contribution in [0.25, 0.3) is 0 Å². The molecule has 0 unspecified atom stereocenters. The van der Waals surface area contributed by atoms with Gasteiger partial charge in [-0.1, -0.05) is 12.1 Å². The summed E-state index contributed by atoms with van der Waals surface area (Å²) in [6, 6.07) is 12.7. The van der Waals surface area contributed by atoms with E-state index in [0.29, 0.717) is 0 Å². The zero-order chi connectivity index (χ0) is 15.8. The molecule has 0 aliphatic carbocycles. The summed E-state index contributed by atoms with van der Waals surface area (Å²) in [7, 11) is 1.63. The third-order valence-electron chi connectivity index (χ3n) is 2.50. The minimum atomic E-state index is -1.23. The van der Waals surface area contributed by atoms with Crippen LogP contribution in [0.1, 0.15) is 20.7 Å². The largest absolute Gasteiger partial charge is 0.497 e. The predicted octanol–water partition coefficient (Wildman–Crippen LogP) is 2.36. The minimum absolute atomic E-state index is 0.190. The maximum atomic E-state index is 10.5. The number of methoxy groups -OCH3 is 1. The number of carbonyl (C=O) groups is 2. The van der Waals surface area contributed by atoms with Crippen LogP contribution in [0, 0.1) is 0 Å². The molecule has 0 bridgehead atoms. The molecule has 6 nitrogen and oxygen atoms in total. The van der Waals surface area contributed by atoms with E-state index >= 15 is 0 Å². The van der Waals surface area contributed by atoms with E-state index in [4.69, 9.17) is 20.7 Å². The summed E-state index contributed by atoms with van der Waals surface area (Å²) < 4.78 is 4.91. The van der Waals surface area contributed by atoms with Gasteiger partial charge in [-0.3, -0.25) is 0 Å². The Bertz CT molecular complexity index is 589. The SMILES string of the molecule is COc1ccc(N)cc1.O=C(O)c1ccccc1C(=O)O. The van der Waals surface area contributed by atoms with Crippen molar-refractivity contribution < 1.29 is 24.5 Å². The Morgan fingerprint density at radius 1 is 0.905 bits per heavy atom. The van der Waals surface area contributed by atoms with Crippen LogP contribution in [0.15, 0.2) is 48.5 Å². The van der Waals surface area contributed by atoms with Crippen molar-refractivity contribution in [2.75, 3.05) is 12.8 Å². The van der Waals surface area contributed by atoms with Gasteiger partial charge in [0.1, 0.15) is 5.75 Å². The maximum Gasteiger partial charge on any atom is 0.336 e. The standard InChI is InChI=1S/C8H6O4.C7H9NO/c9-7(10)5-3-1-2-4-6(5)8(11)12;1-9-7-4-2-6(8)3-5-7/h1-4H,(H,9,10)(H,11,12);2-5H,8H2,1H3. The lowest BCUT2D eigenvalue weighted by molar-refractivity contribution is 0.0651. The second-order valence-corrected chi connectivity index (χ2v) is 3.93. The number of hydrogen-bond acceptors (Lipinski definition) is 4. The Morgan fingerprint density at radius 2 is 1.33 bits per heavy atom. The molecule has 21 heavy (non-hydrogen) atoms. The molecule has 0 aliphatic heterocycles. The summed E-state index contributed by atoms with van der Waals surface area (Å²) in [5.41, 5.74) is 5.81. The number of rotatable bonds is 3. The van der Waals surface area contributed by atoms with Crippen LogP contribution < -0.4 is 10.5 Å². The first-order valence-electron chi connectivity index (χ1n) is 5.91. The number of aromatic carboxylic acids is 2. The smallest absolute Gasteiger partial charge is 0.336 e. The van der Waals surface area contributed by atoms with Crippen molar-refractivity contribution in [3.05, 3.63) is 59.7 Å². The lowest BCUT2D eigenvalue weighted by atomic mass is 10.1. The van der Waals surface area contributed by atoms with Crippen molar-refractivity contribution in [3.63, 3.8) is 0 Å². The molecule has 2 aromatic carbocycles. The summed E-state index contributed by atoms with van der Waals surface area (Å²) in [4.78, 5) is 20.9. The number of hydrogen-bond donors (Lipinski definition) is 3. The van der Waals surface area contributed by atoms with Gasteiger partial charge in [0.05, 0.1) is 18.2 Å². The number of carboxylic acid groups (broad SMARTS) is 2. The topological polar surface area (TPSA) is 110 Å². The van der Waals surface area contributed by atoms with Gasteiger partial charge < -0.3 is 20.7 Å². The molecule has 0 saturated carbocycles. The summed E-state index contributed by atoms with van der Waals surface area (Å²) in [6.07, 6.45) is 0. The lowest BCUT2D eigenvalue weighted by Crippen LogP contribution is -2.06. The Labute approximate surface area is 121 Å². The number of anilines is 1. The van der Waals surface area contributed by atoms with Crippen LogP contribution in [0.5, 0.6) is 5.75 Å². The molecule has 6 heteroatoms. The van der Waals surface area contributed by atoms with Crippen molar-refractivity contribution >= 4 is 17.6 Å². The van der Waals surface area contributed by atoms with Crippen molar-refractivity contribution in [2.45, 2.75) is 0 Å². The molecule has 0 spiro atoms. The molecule has 0 fully saturated rings. The first-order chi connectivity index (χ1) is 9.95. The normalized spacial score (nSPS) is 9.19. The van der Waals surface area contributed by atoms with E-state index in [9.17, 15) is 9.59 Å². The fraction of sp³-hybridized carbons (Fsp3) is 0.0667. The molecule has 0 amide bonds. The first kappa shape index (κ1) is 16.0. The summed E-state index contributed by atoms with van der Waals surface area (Å²) in [6.45, 7) is 0. The number of carboxylic acids is 2. The predicted molar refractivity (Wildman–Crippen MR) is 77.8 cm³/mol. The highest BCUT2D eigenvalue weighted by Crippen LogP contribution is 2.11. The molecule has 0 radical (unpaired) electrons. The zero-order valence-electron chi connectivity index (χ0n) is 11.3. The van der Waals surface area contributed by atoms with Gasteiger partial charge in [-0.15, -0.1) is 0 Å². The molecule has 0 aromatic heterocycles. The molecule has 0 saturated heterocycles. The molecule has 0 heterocycles. The Hall–Kier alpha value is -3.02. The molecule has 110 valence electrons. The van der Waals surface area contributed by atoms with Crippen molar-refractivity contribution in [1.82, 2.24) is 0 Å². The number of nitrogens with two attached hydrogens (primary N) is 1. The van der Waals surface area contributed by atoms with Gasteiger partial charge in [0.2, 0.25) is 0 Å². The third-order valence-corrected chi connectivity index (χ3v) is 2.50. The number of benzene rings is 2. The van der Waals surface area contributed by atoms with E-state index in [1.54, 1.807) is 19.2 Å². The average molecular weight is 289 g/mol. The third kappa shape index (κ3) is 4.87. The van der Waals surface area contributed by atoms with Crippen LogP contribution in [0.2, 0.25) is 0 Å².